The molecule has 0 heterocycles. The number of hydrogen-bond donors (Lipinski definition) is 1. The summed E-state index contributed by atoms with van der Waals surface area (Å²) in [5.74, 6) is 0. The third kappa shape index (κ3) is 2.59. The van der Waals surface area contributed by atoms with Crippen molar-refractivity contribution in [3.05, 3.63) is 45.6 Å². The lowest BCUT2D eigenvalue weighted by Gasteiger charge is -1.94. The largest absolute Gasteiger partial charge is 0.399 e. The molecule has 0 saturated carbocycles. The van der Waals surface area contributed by atoms with Crippen LogP contribution in [0.3, 0.4) is 0 Å². The smallest absolute Gasteiger partial charge is 0.243 e. The summed E-state index contributed by atoms with van der Waals surface area (Å²) in [6.45, 7) is 1.45. The quantitative estimate of drug-likeness (QED) is 0.427. The number of hydrogen-bond acceptors (Lipinski definition) is 3. The molecule has 1 aromatic carbocycles. The number of rotatable bonds is 2. The fourth-order valence-corrected chi connectivity index (χ4v) is 0.886. The first-order chi connectivity index (χ1) is 6.09. The Hall–Kier alpha value is -1.84. The van der Waals surface area contributed by atoms with Gasteiger partial charge in [0.15, 0.2) is 0 Å². The summed E-state index contributed by atoms with van der Waals surface area (Å²) in [5, 5.41) is 10.3. The summed E-state index contributed by atoms with van der Waals surface area (Å²) in [7, 11) is 0. The van der Waals surface area contributed by atoms with Gasteiger partial charge in [-0.05, 0) is 17.7 Å². The van der Waals surface area contributed by atoms with Crippen molar-refractivity contribution in [3.8, 4) is 0 Å². The van der Waals surface area contributed by atoms with E-state index in [4.69, 9.17) is 5.73 Å². The fourth-order valence-electron chi connectivity index (χ4n) is 0.886. The van der Waals surface area contributed by atoms with Gasteiger partial charge in [0, 0.05) is 18.7 Å². The molecule has 0 aliphatic carbocycles. The lowest BCUT2D eigenvalue weighted by Crippen LogP contribution is -1.93. The van der Waals surface area contributed by atoms with Crippen LogP contribution in [0.1, 0.15) is 12.5 Å². The van der Waals surface area contributed by atoms with Gasteiger partial charge in [0.05, 0.1) is 4.92 Å². The van der Waals surface area contributed by atoms with E-state index < -0.39 is 4.92 Å². The van der Waals surface area contributed by atoms with Gasteiger partial charge in [-0.2, -0.15) is 0 Å². The van der Waals surface area contributed by atoms with E-state index in [0.29, 0.717) is 5.69 Å². The molecular weight excluding hydrogens is 168 g/mol. The Bertz CT molecular complexity index is 341. The SMILES string of the molecule is CC(=Cc1ccc(N)cc1)[N+](=O)[O-]. The van der Waals surface area contributed by atoms with Crippen molar-refractivity contribution in [1.29, 1.82) is 0 Å². The van der Waals surface area contributed by atoms with Crippen molar-refractivity contribution in [2.24, 2.45) is 0 Å². The van der Waals surface area contributed by atoms with Crippen molar-refractivity contribution in [1.82, 2.24) is 0 Å². The minimum Gasteiger partial charge on any atom is -0.399 e. The van der Waals surface area contributed by atoms with Crippen LogP contribution in [0.5, 0.6) is 0 Å². The molecule has 0 saturated heterocycles. The highest BCUT2D eigenvalue weighted by atomic mass is 16.6. The average molecular weight is 178 g/mol. The van der Waals surface area contributed by atoms with Crippen LogP contribution in [0.15, 0.2) is 30.0 Å². The van der Waals surface area contributed by atoms with Crippen LogP contribution in [0, 0.1) is 10.1 Å². The maximum Gasteiger partial charge on any atom is 0.243 e. The first-order valence-corrected chi connectivity index (χ1v) is 3.78. The molecule has 1 aromatic rings. The Morgan fingerprint density at radius 3 is 2.46 bits per heavy atom. The van der Waals surface area contributed by atoms with Gasteiger partial charge in [-0.3, -0.25) is 10.1 Å². The van der Waals surface area contributed by atoms with E-state index >= 15 is 0 Å². The minimum absolute atomic E-state index is 0.116. The molecule has 0 atom stereocenters. The topological polar surface area (TPSA) is 69.2 Å². The normalized spacial score (nSPS) is 11.3. The second kappa shape index (κ2) is 3.71. The maximum absolute atomic E-state index is 10.3. The highest BCUT2D eigenvalue weighted by molar-refractivity contribution is 5.54. The second-order valence-corrected chi connectivity index (χ2v) is 2.71. The van der Waals surface area contributed by atoms with Crippen LogP contribution >= 0.6 is 0 Å². The lowest BCUT2D eigenvalue weighted by atomic mass is 10.2. The van der Waals surface area contributed by atoms with Gasteiger partial charge in [-0.25, -0.2) is 0 Å². The third-order valence-electron chi connectivity index (χ3n) is 1.60. The molecule has 0 amide bonds. The molecule has 68 valence electrons. The van der Waals surface area contributed by atoms with Gasteiger partial charge in [-0.15, -0.1) is 0 Å². The van der Waals surface area contributed by atoms with Crippen LogP contribution in [0.4, 0.5) is 5.69 Å². The second-order valence-electron chi connectivity index (χ2n) is 2.71. The zero-order valence-electron chi connectivity index (χ0n) is 7.23. The number of benzene rings is 1. The average Bonchev–Trinajstić information content (AvgIpc) is 2.08. The van der Waals surface area contributed by atoms with E-state index in [1.54, 1.807) is 24.3 Å². The van der Waals surface area contributed by atoms with Gasteiger partial charge in [0.25, 0.3) is 0 Å². The number of allylic oxidation sites excluding steroid dienone is 1. The van der Waals surface area contributed by atoms with E-state index in [-0.39, 0.29) is 5.70 Å². The summed E-state index contributed by atoms with van der Waals surface area (Å²) in [6.07, 6.45) is 1.50. The Kier molecular flexibility index (Phi) is 2.64. The molecule has 0 aromatic heterocycles. The highest BCUT2D eigenvalue weighted by Gasteiger charge is 2.00. The van der Waals surface area contributed by atoms with Crippen LogP contribution in [0.2, 0.25) is 0 Å². The number of nitrogens with zero attached hydrogens (tertiary/aromatic N) is 1. The molecule has 0 aliphatic rings. The van der Waals surface area contributed by atoms with Gasteiger partial charge >= 0.3 is 0 Å². The van der Waals surface area contributed by atoms with E-state index in [0.717, 1.165) is 5.56 Å². The summed E-state index contributed by atoms with van der Waals surface area (Å²) in [5.41, 5.74) is 7.01. The number of anilines is 1. The molecule has 0 spiro atoms. The predicted molar refractivity (Wildman–Crippen MR) is 51.5 cm³/mol. The zero-order chi connectivity index (χ0) is 9.84. The molecule has 0 radical (unpaired) electrons. The summed E-state index contributed by atoms with van der Waals surface area (Å²) in [6, 6.07) is 6.89. The van der Waals surface area contributed by atoms with Gasteiger partial charge in [-0.1, -0.05) is 12.1 Å². The van der Waals surface area contributed by atoms with Gasteiger partial charge in [0.2, 0.25) is 5.70 Å². The lowest BCUT2D eigenvalue weighted by molar-refractivity contribution is -0.422. The fraction of sp³-hybridized carbons (Fsp3) is 0.111. The molecule has 4 heteroatoms. The first kappa shape index (κ1) is 9.25. The van der Waals surface area contributed by atoms with Gasteiger partial charge in [0.1, 0.15) is 0 Å². The minimum atomic E-state index is -0.420. The Labute approximate surface area is 75.8 Å². The molecule has 13 heavy (non-hydrogen) atoms. The van der Waals surface area contributed by atoms with Crippen molar-refractivity contribution < 1.29 is 4.92 Å². The zero-order valence-corrected chi connectivity index (χ0v) is 7.23. The van der Waals surface area contributed by atoms with Crippen molar-refractivity contribution in [2.75, 3.05) is 5.73 Å². The standard InChI is InChI=1S/C9H10N2O2/c1-7(11(12)13)6-8-2-4-9(10)5-3-8/h2-6H,10H2,1H3. The molecule has 0 unspecified atom stereocenters. The van der Waals surface area contributed by atoms with E-state index in [1.165, 1.54) is 13.0 Å². The monoisotopic (exact) mass is 178 g/mol. The van der Waals surface area contributed by atoms with Crippen LogP contribution < -0.4 is 5.73 Å². The molecule has 0 aliphatic heterocycles. The number of nitro groups is 1. The van der Waals surface area contributed by atoms with Crippen molar-refractivity contribution >= 4 is 11.8 Å². The number of nitrogen functional groups attached to an aromatic ring is 1. The summed E-state index contributed by atoms with van der Waals surface area (Å²) in [4.78, 5) is 9.86. The Balaban J connectivity index is 2.92. The van der Waals surface area contributed by atoms with E-state index in [9.17, 15) is 10.1 Å². The van der Waals surface area contributed by atoms with Crippen molar-refractivity contribution in [2.45, 2.75) is 6.92 Å². The summed E-state index contributed by atoms with van der Waals surface area (Å²) < 4.78 is 0. The highest BCUT2D eigenvalue weighted by Crippen LogP contribution is 2.09. The van der Waals surface area contributed by atoms with E-state index in [2.05, 4.69) is 0 Å². The maximum atomic E-state index is 10.3. The molecule has 0 bridgehead atoms. The molecule has 1 rings (SSSR count). The molecule has 0 fully saturated rings. The molecule has 4 nitrogen and oxygen atoms in total. The predicted octanol–water partition coefficient (Wildman–Crippen LogP) is 1.91. The van der Waals surface area contributed by atoms with Gasteiger partial charge < -0.3 is 5.73 Å². The summed E-state index contributed by atoms with van der Waals surface area (Å²) >= 11 is 0. The van der Waals surface area contributed by atoms with Crippen molar-refractivity contribution in [3.63, 3.8) is 0 Å². The molecular formula is C9H10N2O2. The first-order valence-electron chi connectivity index (χ1n) is 3.78. The Morgan fingerprint density at radius 1 is 1.46 bits per heavy atom. The molecule has 2 N–H and O–H groups in total. The van der Waals surface area contributed by atoms with E-state index in [1.807, 2.05) is 0 Å². The Morgan fingerprint density at radius 2 is 2.00 bits per heavy atom. The third-order valence-corrected chi connectivity index (χ3v) is 1.60. The number of nitrogens with two attached hydrogens (primary N) is 1. The van der Waals surface area contributed by atoms with Crippen LogP contribution in [-0.2, 0) is 0 Å². The van der Waals surface area contributed by atoms with Crippen LogP contribution in [0.25, 0.3) is 6.08 Å². The van der Waals surface area contributed by atoms with Crippen LogP contribution in [-0.4, -0.2) is 4.92 Å².